The molecule has 0 aliphatic rings. The second kappa shape index (κ2) is 10.5. The van der Waals surface area contributed by atoms with E-state index in [1.165, 1.54) is 0 Å². The fourth-order valence-corrected chi connectivity index (χ4v) is 4.16. The first-order valence-corrected chi connectivity index (χ1v) is 10.1. The normalized spacial score (nSPS) is 14.3. The highest BCUT2D eigenvalue weighted by Gasteiger charge is 2.49. The predicted molar refractivity (Wildman–Crippen MR) is 105 cm³/mol. The van der Waals surface area contributed by atoms with Gasteiger partial charge in [-0.1, -0.05) is 48.5 Å². The van der Waals surface area contributed by atoms with Crippen LogP contribution >= 0.6 is 8.03 Å². The van der Waals surface area contributed by atoms with E-state index >= 15 is 0 Å². The number of nitrogens with one attached hydrogen (secondary N) is 1. The number of aliphatic carboxylic acids is 2. The van der Waals surface area contributed by atoms with Crippen LogP contribution in [0.25, 0.3) is 0 Å². The van der Waals surface area contributed by atoms with E-state index in [9.17, 15) is 28.9 Å². The first kappa shape index (κ1) is 22.2. The number of rotatable bonds is 10. The Morgan fingerprint density at radius 1 is 0.931 bits per heavy atom. The van der Waals surface area contributed by atoms with Crippen LogP contribution in [0.4, 0.5) is 0 Å². The van der Waals surface area contributed by atoms with Crippen LogP contribution in [0, 0.1) is 5.92 Å². The van der Waals surface area contributed by atoms with Crippen molar-refractivity contribution in [2.45, 2.75) is 24.5 Å². The zero-order valence-electron chi connectivity index (χ0n) is 15.3. The molecule has 0 aliphatic heterocycles. The maximum absolute atomic E-state index is 12.7. The lowest BCUT2D eigenvalue weighted by molar-refractivity contribution is -0.143. The number of carbonyl (C=O) groups is 3. The van der Waals surface area contributed by atoms with Crippen molar-refractivity contribution < 1.29 is 34.1 Å². The molecule has 0 aliphatic carbocycles. The molecule has 2 rings (SSSR count). The molecule has 9 heteroatoms. The second-order valence-electron chi connectivity index (χ2n) is 6.40. The van der Waals surface area contributed by atoms with Crippen molar-refractivity contribution in [3.63, 3.8) is 0 Å². The number of amides is 1. The van der Waals surface area contributed by atoms with Gasteiger partial charge in [0.25, 0.3) is 5.91 Å². The third-order valence-corrected chi connectivity index (χ3v) is 5.64. The third kappa shape index (κ3) is 6.20. The van der Waals surface area contributed by atoms with Gasteiger partial charge in [-0.3, -0.25) is 14.4 Å². The Hall–Kier alpha value is -3.09. The van der Waals surface area contributed by atoms with Gasteiger partial charge >= 0.3 is 20.0 Å². The lowest BCUT2D eigenvalue weighted by Gasteiger charge is -2.24. The van der Waals surface area contributed by atoms with E-state index in [-0.39, 0.29) is 6.42 Å². The first-order chi connectivity index (χ1) is 13.8. The molecule has 4 unspecified atom stereocenters. The van der Waals surface area contributed by atoms with Crippen LogP contribution in [0.5, 0.6) is 0 Å². The minimum Gasteiger partial charge on any atom is -0.481 e. The van der Waals surface area contributed by atoms with E-state index in [0.717, 1.165) is 0 Å². The fraction of sp³-hybridized carbons (Fsp3) is 0.250. The summed E-state index contributed by atoms with van der Waals surface area (Å²) in [5.74, 6) is -4.60. The van der Waals surface area contributed by atoms with Crippen LogP contribution in [0.2, 0.25) is 0 Å². The van der Waals surface area contributed by atoms with Crippen LogP contribution in [0.3, 0.4) is 0 Å². The molecule has 0 radical (unpaired) electrons. The smallest absolute Gasteiger partial charge is 0.481 e. The molecular weight excluding hydrogens is 397 g/mol. The molecule has 0 aromatic heterocycles. The molecule has 2 aromatic carbocycles. The molecular formula is C20H21NO7P+. The van der Waals surface area contributed by atoms with Crippen LogP contribution in [0.15, 0.2) is 60.7 Å². The van der Waals surface area contributed by atoms with Crippen molar-refractivity contribution in [3.05, 3.63) is 71.8 Å². The van der Waals surface area contributed by atoms with Crippen molar-refractivity contribution in [2.75, 3.05) is 0 Å². The molecule has 152 valence electrons. The number of hydrogen-bond acceptors (Lipinski definition) is 4. The Labute approximate surface area is 168 Å². The van der Waals surface area contributed by atoms with Crippen LogP contribution < -0.4 is 5.32 Å². The molecule has 0 saturated carbocycles. The number of hydrogen-bond donors (Lipinski definition) is 4. The summed E-state index contributed by atoms with van der Waals surface area (Å²) in [6.45, 7) is 0. The molecule has 0 saturated heterocycles. The van der Waals surface area contributed by atoms with Gasteiger partial charge in [0, 0.05) is 12.0 Å². The lowest BCUT2D eigenvalue weighted by Crippen LogP contribution is -2.41. The SMILES string of the molecule is O=C(O)CCC(C(=O)O)C(C(NC(=O)c1ccccc1)c1ccccc1)[P+](=O)O. The Kier molecular flexibility index (Phi) is 8.00. The van der Waals surface area contributed by atoms with Crippen molar-refractivity contribution >= 4 is 25.9 Å². The third-order valence-electron chi connectivity index (χ3n) is 4.48. The molecule has 8 nitrogen and oxygen atoms in total. The molecule has 29 heavy (non-hydrogen) atoms. The minimum absolute atomic E-state index is 0.303. The zero-order valence-corrected chi connectivity index (χ0v) is 16.2. The van der Waals surface area contributed by atoms with Gasteiger partial charge in [-0.15, -0.1) is 0 Å². The first-order valence-electron chi connectivity index (χ1n) is 8.82. The minimum atomic E-state index is -3.07. The largest absolute Gasteiger partial charge is 0.512 e. The molecule has 4 atom stereocenters. The maximum atomic E-state index is 12.7. The highest BCUT2D eigenvalue weighted by Crippen LogP contribution is 2.41. The number of carboxylic acid groups (broad SMARTS) is 2. The molecule has 0 bridgehead atoms. The Morgan fingerprint density at radius 2 is 1.48 bits per heavy atom. The van der Waals surface area contributed by atoms with Crippen LogP contribution in [-0.2, 0) is 14.2 Å². The van der Waals surface area contributed by atoms with Crippen molar-refractivity contribution in [1.29, 1.82) is 0 Å². The highest BCUT2D eigenvalue weighted by atomic mass is 31.1. The summed E-state index contributed by atoms with van der Waals surface area (Å²) in [7, 11) is -3.07. The molecule has 4 N–H and O–H groups in total. The maximum Gasteiger partial charge on any atom is 0.512 e. The van der Waals surface area contributed by atoms with E-state index in [2.05, 4.69) is 5.32 Å². The number of carboxylic acids is 2. The standard InChI is InChI=1S/C20H20NO7P/c22-16(23)12-11-15(20(25)26)18(29(27)28)17(13-7-3-1-4-8-13)21-19(24)14-9-5-2-6-10-14/h1-10,15,17-18H,11-12H2,(H3-,21,22,23,24,25,26,27,28)/p+1. The van der Waals surface area contributed by atoms with E-state index in [0.29, 0.717) is 11.1 Å². The summed E-state index contributed by atoms with van der Waals surface area (Å²) in [6.07, 6.45) is -0.827. The Morgan fingerprint density at radius 3 is 1.97 bits per heavy atom. The van der Waals surface area contributed by atoms with Gasteiger partial charge in [-0.05, 0) is 28.7 Å². The van der Waals surface area contributed by atoms with Crippen LogP contribution in [0.1, 0.15) is 34.8 Å². The van der Waals surface area contributed by atoms with Gasteiger partial charge < -0.3 is 15.5 Å². The average molecular weight is 418 g/mol. The highest BCUT2D eigenvalue weighted by molar-refractivity contribution is 7.39. The molecule has 1 amide bonds. The summed E-state index contributed by atoms with van der Waals surface area (Å²) in [4.78, 5) is 45.4. The number of carbonyl (C=O) groups excluding carboxylic acids is 1. The van der Waals surface area contributed by atoms with Gasteiger partial charge in [0.2, 0.25) is 5.66 Å². The van der Waals surface area contributed by atoms with Crippen molar-refractivity contribution in [2.24, 2.45) is 5.92 Å². The van der Waals surface area contributed by atoms with Gasteiger partial charge in [0.15, 0.2) is 0 Å². The Balaban J connectivity index is 2.45. The monoisotopic (exact) mass is 418 g/mol. The van der Waals surface area contributed by atoms with Crippen LogP contribution in [-0.4, -0.2) is 38.6 Å². The predicted octanol–water partition coefficient (Wildman–Crippen LogP) is 2.83. The Bertz CT molecular complexity index is 873. The van der Waals surface area contributed by atoms with Gasteiger partial charge in [0.05, 0.1) is 0 Å². The van der Waals surface area contributed by atoms with Crippen molar-refractivity contribution in [1.82, 2.24) is 5.32 Å². The quantitative estimate of drug-likeness (QED) is 0.435. The summed E-state index contributed by atoms with van der Waals surface area (Å²) >= 11 is 0. The van der Waals surface area contributed by atoms with E-state index < -0.39 is 49.9 Å². The topological polar surface area (TPSA) is 141 Å². The molecule has 0 spiro atoms. The molecule has 2 aromatic rings. The lowest BCUT2D eigenvalue weighted by atomic mass is 9.90. The van der Waals surface area contributed by atoms with Crippen molar-refractivity contribution in [3.8, 4) is 0 Å². The second-order valence-corrected chi connectivity index (χ2v) is 7.60. The fourth-order valence-electron chi connectivity index (χ4n) is 3.07. The van der Waals surface area contributed by atoms with E-state index in [4.69, 9.17) is 5.11 Å². The molecule has 0 fully saturated rings. The summed E-state index contributed by atoms with van der Waals surface area (Å²) in [5.41, 5.74) is -0.671. The van der Waals surface area contributed by atoms with E-state index in [1.54, 1.807) is 60.7 Å². The van der Waals surface area contributed by atoms with E-state index in [1.807, 2.05) is 0 Å². The van der Waals surface area contributed by atoms with Gasteiger partial charge in [0.1, 0.15) is 12.0 Å². The van der Waals surface area contributed by atoms with Gasteiger partial charge in [-0.25, -0.2) is 0 Å². The number of benzene rings is 2. The summed E-state index contributed by atoms with van der Waals surface area (Å²) in [6, 6.07) is 15.3. The zero-order chi connectivity index (χ0) is 21.4. The van der Waals surface area contributed by atoms with Gasteiger partial charge in [-0.2, -0.15) is 4.89 Å². The summed E-state index contributed by atoms with van der Waals surface area (Å²) in [5, 5.41) is 21.2. The average Bonchev–Trinajstić information content (AvgIpc) is 2.70. The molecule has 0 heterocycles. The summed E-state index contributed by atoms with van der Waals surface area (Å²) < 4.78 is 12.2.